The number of sulfonamides is 1. The van der Waals surface area contributed by atoms with Crippen LogP contribution in [0.4, 0.5) is 11.5 Å². The van der Waals surface area contributed by atoms with Crippen molar-refractivity contribution in [3.8, 4) is 0 Å². The molecule has 0 bridgehead atoms. The van der Waals surface area contributed by atoms with Crippen LogP contribution in [0.25, 0.3) is 10.8 Å². The highest BCUT2D eigenvalue weighted by atomic mass is 32.2. The van der Waals surface area contributed by atoms with Gasteiger partial charge >= 0.3 is 0 Å². The first-order valence-electron chi connectivity index (χ1n) is 8.02. The fraction of sp³-hybridized carbons (Fsp3) is 0.278. The van der Waals surface area contributed by atoms with E-state index in [1.165, 1.54) is 0 Å². The van der Waals surface area contributed by atoms with Gasteiger partial charge in [-0.1, -0.05) is 36.3 Å². The van der Waals surface area contributed by atoms with Crippen LogP contribution < -0.4 is 9.62 Å². The Morgan fingerprint density at radius 1 is 1.12 bits per heavy atom. The predicted molar refractivity (Wildman–Crippen MR) is 99.7 cm³/mol. The summed E-state index contributed by atoms with van der Waals surface area (Å²) in [6.45, 7) is 3.70. The summed E-state index contributed by atoms with van der Waals surface area (Å²) in [4.78, 5) is 2.18. The highest BCUT2D eigenvalue weighted by molar-refractivity contribution is 7.93. The largest absolute Gasteiger partial charge is 0.377 e. The van der Waals surface area contributed by atoms with Crippen molar-refractivity contribution in [2.75, 3.05) is 23.7 Å². The van der Waals surface area contributed by atoms with Crippen LogP contribution in [0.3, 0.4) is 0 Å². The quantitative estimate of drug-likeness (QED) is 0.754. The molecule has 2 aromatic carbocycles. The number of nitrogens with one attached hydrogen (secondary N) is 1. The second-order valence-corrected chi connectivity index (χ2v) is 7.70. The summed E-state index contributed by atoms with van der Waals surface area (Å²) >= 11 is 0. The van der Waals surface area contributed by atoms with E-state index in [2.05, 4.69) is 9.88 Å². The van der Waals surface area contributed by atoms with Crippen molar-refractivity contribution in [3.63, 3.8) is 0 Å². The van der Waals surface area contributed by atoms with Crippen LogP contribution in [0, 0.1) is 6.92 Å². The Labute approximate surface area is 147 Å². The van der Waals surface area contributed by atoms with E-state index in [1.807, 2.05) is 50.2 Å². The van der Waals surface area contributed by atoms with Crippen LogP contribution in [-0.2, 0) is 16.4 Å². The minimum Gasteiger partial charge on any atom is -0.377 e. The molecule has 0 spiro atoms. The third-order valence-electron chi connectivity index (χ3n) is 4.20. The van der Waals surface area contributed by atoms with Crippen molar-refractivity contribution in [2.45, 2.75) is 25.2 Å². The van der Waals surface area contributed by atoms with Gasteiger partial charge in [-0.15, -0.1) is 0 Å². The van der Waals surface area contributed by atoms with E-state index >= 15 is 0 Å². The summed E-state index contributed by atoms with van der Waals surface area (Å²) in [6.07, 6.45) is 0.632. The average molecular weight is 359 g/mol. The highest BCUT2D eigenvalue weighted by Gasteiger charge is 2.22. The molecule has 1 aromatic heterocycles. The first kappa shape index (κ1) is 17.3. The van der Waals surface area contributed by atoms with Gasteiger partial charge in [0.2, 0.25) is 0 Å². The lowest BCUT2D eigenvalue weighted by Crippen LogP contribution is -2.15. The monoisotopic (exact) mass is 359 g/mol. The average Bonchev–Trinajstić information content (AvgIpc) is 2.92. The minimum absolute atomic E-state index is 0.219. The minimum atomic E-state index is -3.79. The topological polar surface area (TPSA) is 75.4 Å². The molecule has 0 aliphatic heterocycles. The highest BCUT2D eigenvalue weighted by Crippen LogP contribution is 2.31. The number of hydrogen-bond acceptors (Lipinski definition) is 5. The molecule has 7 heteroatoms. The lowest BCUT2D eigenvalue weighted by Gasteiger charge is -2.17. The summed E-state index contributed by atoms with van der Waals surface area (Å²) in [5, 5.41) is 5.39. The molecule has 0 aliphatic rings. The Morgan fingerprint density at radius 3 is 2.48 bits per heavy atom. The molecule has 132 valence electrons. The van der Waals surface area contributed by atoms with Crippen molar-refractivity contribution in [3.05, 3.63) is 47.7 Å². The zero-order chi connectivity index (χ0) is 18.2. The maximum atomic E-state index is 13.0. The van der Waals surface area contributed by atoms with E-state index in [9.17, 15) is 8.42 Å². The van der Waals surface area contributed by atoms with Gasteiger partial charge in [-0.25, -0.2) is 8.42 Å². The summed E-state index contributed by atoms with van der Waals surface area (Å²) in [5.41, 5.74) is 1.72. The van der Waals surface area contributed by atoms with Crippen molar-refractivity contribution < 1.29 is 12.9 Å². The number of fused-ring (bicyclic) bond motifs is 1. The normalized spacial score (nSPS) is 11.7. The lowest BCUT2D eigenvalue weighted by molar-refractivity contribution is 0.399. The van der Waals surface area contributed by atoms with Gasteiger partial charge in [-0.3, -0.25) is 4.72 Å². The summed E-state index contributed by atoms with van der Waals surface area (Å²) < 4.78 is 33.6. The number of rotatable bonds is 5. The van der Waals surface area contributed by atoms with Crippen LogP contribution in [0.5, 0.6) is 0 Å². The molecule has 0 amide bonds. The maximum absolute atomic E-state index is 13.0. The standard InChI is InChI=1S/C18H21N3O3S/c1-5-13-12(2)24-19-18(13)20-25(22,23)17-11-7-8-14-15(17)9-6-10-16(14)21(3)4/h6-11H,5H2,1-4H3,(H,19,20). The molecule has 1 heterocycles. The van der Waals surface area contributed by atoms with E-state index in [1.54, 1.807) is 19.1 Å². The Kier molecular flexibility index (Phi) is 4.43. The molecule has 0 unspecified atom stereocenters. The van der Waals surface area contributed by atoms with E-state index in [-0.39, 0.29) is 10.7 Å². The van der Waals surface area contributed by atoms with Crippen LogP contribution in [0.2, 0.25) is 0 Å². The summed E-state index contributed by atoms with van der Waals surface area (Å²) in [7, 11) is 0.0682. The predicted octanol–water partition coefficient (Wildman–Crippen LogP) is 3.57. The molecule has 0 atom stereocenters. The maximum Gasteiger partial charge on any atom is 0.263 e. The SMILES string of the molecule is CCc1c(NS(=O)(=O)c2cccc3c(N(C)C)cccc23)noc1C. The second kappa shape index (κ2) is 6.40. The molecule has 6 nitrogen and oxygen atoms in total. The lowest BCUT2D eigenvalue weighted by atomic mass is 10.1. The fourth-order valence-electron chi connectivity index (χ4n) is 2.96. The van der Waals surface area contributed by atoms with Gasteiger partial charge in [-0.2, -0.15) is 0 Å². The number of hydrogen-bond donors (Lipinski definition) is 1. The van der Waals surface area contributed by atoms with Crippen LogP contribution >= 0.6 is 0 Å². The van der Waals surface area contributed by atoms with Gasteiger partial charge in [-0.05, 0) is 25.5 Å². The molecular formula is C18H21N3O3S. The van der Waals surface area contributed by atoms with Crippen LogP contribution in [-0.4, -0.2) is 27.7 Å². The number of nitrogens with zero attached hydrogens (tertiary/aromatic N) is 2. The van der Waals surface area contributed by atoms with Gasteiger partial charge in [0.05, 0.1) is 4.90 Å². The molecule has 3 rings (SSSR count). The zero-order valence-corrected chi connectivity index (χ0v) is 15.5. The van der Waals surface area contributed by atoms with Crippen LogP contribution in [0.15, 0.2) is 45.8 Å². The number of benzene rings is 2. The van der Waals surface area contributed by atoms with Crippen molar-refractivity contribution in [2.24, 2.45) is 0 Å². The van der Waals surface area contributed by atoms with E-state index in [4.69, 9.17) is 4.52 Å². The third-order valence-corrected chi connectivity index (χ3v) is 5.60. The van der Waals surface area contributed by atoms with Gasteiger partial charge in [0, 0.05) is 36.1 Å². The summed E-state index contributed by atoms with van der Waals surface area (Å²) in [5.74, 6) is 0.869. The van der Waals surface area contributed by atoms with E-state index < -0.39 is 10.0 Å². The molecule has 0 fully saturated rings. The number of aryl methyl sites for hydroxylation is 1. The molecule has 25 heavy (non-hydrogen) atoms. The summed E-state index contributed by atoms with van der Waals surface area (Å²) in [6, 6.07) is 10.9. The Morgan fingerprint density at radius 2 is 1.80 bits per heavy atom. The molecule has 0 saturated carbocycles. The molecular weight excluding hydrogens is 338 g/mol. The smallest absolute Gasteiger partial charge is 0.263 e. The Bertz CT molecular complexity index is 1020. The molecule has 1 N–H and O–H groups in total. The zero-order valence-electron chi connectivity index (χ0n) is 14.7. The van der Waals surface area contributed by atoms with E-state index in [0.29, 0.717) is 17.6 Å². The van der Waals surface area contributed by atoms with Crippen LogP contribution in [0.1, 0.15) is 18.2 Å². The molecule has 3 aromatic rings. The van der Waals surface area contributed by atoms with E-state index in [0.717, 1.165) is 16.6 Å². The first-order valence-corrected chi connectivity index (χ1v) is 9.50. The molecule has 0 saturated heterocycles. The number of anilines is 2. The molecule has 0 radical (unpaired) electrons. The second-order valence-electron chi connectivity index (χ2n) is 6.05. The Hall–Kier alpha value is -2.54. The number of aromatic nitrogens is 1. The van der Waals surface area contributed by atoms with Gasteiger partial charge in [0.15, 0.2) is 5.82 Å². The van der Waals surface area contributed by atoms with Gasteiger partial charge < -0.3 is 9.42 Å². The molecule has 0 aliphatic carbocycles. The fourth-order valence-corrected chi connectivity index (χ4v) is 4.21. The first-order chi connectivity index (χ1) is 11.8. The van der Waals surface area contributed by atoms with Gasteiger partial charge in [0.25, 0.3) is 10.0 Å². The van der Waals surface area contributed by atoms with Crippen molar-refractivity contribution >= 4 is 32.3 Å². The van der Waals surface area contributed by atoms with Gasteiger partial charge in [0.1, 0.15) is 5.76 Å². The Balaban J connectivity index is 2.13. The van der Waals surface area contributed by atoms with Crippen molar-refractivity contribution in [1.29, 1.82) is 0 Å². The van der Waals surface area contributed by atoms with Crippen molar-refractivity contribution in [1.82, 2.24) is 5.16 Å². The third kappa shape index (κ3) is 3.07.